The molecule has 0 radical (unpaired) electrons. The Hall–Kier alpha value is -4.01. The monoisotopic (exact) mass is 539 g/mol. The summed E-state index contributed by atoms with van der Waals surface area (Å²) in [6.45, 7) is 3.87. The van der Waals surface area contributed by atoms with Crippen molar-refractivity contribution in [2.45, 2.75) is 58.2 Å². The van der Waals surface area contributed by atoms with Gasteiger partial charge in [-0.1, -0.05) is 50.2 Å². The quantitative estimate of drug-likeness (QED) is 0.145. The first-order chi connectivity index (χ1) is 18.6. The van der Waals surface area contributed by atoms with E-state index in [1.807, 2.05) is 38.1 Å². The van der Waals surface area contributed by atoms with Crippen molar-refractivity contribution in [3.63, 3.8) is 0 Å². The third kappa shape index (κ3) is 7.99. The van der Waals surface area contributed by atoms with Gasteiger partial charge >= 0.3 is 6.36 Å². The molecule has 4 rings (SSSR count). The molecule has 5 nitrogen and oxygen atoms in total. The van der Waals surface area contributed by atoms with Crippen LogP contribution in [0.1, 0.15) is 55.7 Å². The highest BCUT2D eigenvalue weighted by atomic mass is 19.4. The van der Waals surface area contributed by atoms with Crippen LogP contribution >= 0.6 is 0 Å². The number of rotatable bonds is 11. The van der Waals surface area contributed by atoms with E-state index in [0.717, 1.165) is 36.0 Å². The Labute approximate surface area is 224 Å². The molecule has 39 heavy (non-hydrogen) atoms. The zero-order valence-corrected chi connectivity index (χ0v) is 21.7. The first-order valence-electron chi connectivity index (χ1n) is 12.7. The van der Waals surface area contributed by atoms with E-state index in [9.17, 15) is 22.4 Å². The van der Waals surface area contributed by atoms with E-state index in [0.29, 0.717) is 29.9 Å². The SMILES string of the molecule is CC(C)c1cc(CC(=O)CCCCc2ccc(-c3ncn(-c4ccc(OC(F)(F)F)cc4)n3)cc2)ccc1F. The second-order valence-corrected chi connectivity index (χ2v) is 9.68. The average Bonchev–Trinajstić information content (AvgIpc) is 3.38. The van der Waals surface area contributed by atoms with Gasteiger partial charge in [-0.2, -0.15) is 0 Å². The van der Waals surface area contributed by atoms with Crippen molar-refractivity contribution >= 4 is 5.78 Å². The minimum absolute atomic E-state index is 0.0698. The summed E-state index contributed by atoms with van der Waals surface area (Å²) >= 11 is 0. The van der Waals surface area contributed by atoms with E-state index in [4.69, 9.17) is 0 Å². The number of ketones is 1. The fourth-order valence-electron chi connectivity index (χ4n) is 4.25. The van der Waals surface area contributed by atoms with E-state index in [-0.39, 0.29) is 23.3 Å². The Morgan fingerprint density at radius 3 is 2.31 bits per heavy atom. The number of ether oxygens (including phenoxy) is 1. The Bertz CT molecular complexity index is 1400. The van der Waals surface area contributed by atoms with Crippen LogP contribution < -0.4 is 4.74 Å². The Morgan fingerprint density at radius 1 is 0.949 bits per heavy atom. The van der Waals surface area contributed by atoms with Crippen LogP contribution in [0.25, 0.3) is 17.1 Å². The topological polar surface area (TPSA) is 57.0 Å². The lowest BCUT2D eigenvalue weighted by atomic mass is 9.97. The molecule has 0 atom stereocenters. The number of aryl methyl sites for hydroxylation is 1. The predicted octanol–water partition coefficient (Wildman–Crippen LogP) is 7.62. The van der Waals surface area contributed by atoms with Gasteiger partial charge in [0, 0.05) is 18.4 Å². The van der Waals surface area contributed by atoms with Crippen LogP contribution in [-0.4, -0.2) is 26.9 Å². The first-order valence-corrected chi connectivity index (χ1v) is 12.7. The van der Waals surface area contributed by atoms with Crippen molar-refractivity contribution in [3.05, 3.63) is 95.6 Å². The number of nitrogens with zero attached hydrogens (tertiary/aromatic N) is 3. The van der Waals surface area contributed by atoms with E-state index in [1.54, 1.807) is 12.1 Å². The maximum Gasteiger partial charge on any atom is 0.573 e. The first kappa shape index (κ1) is 28.0. The number of aromatic nitrogens is 3. The molecule has 0 aliphatic heterocycles. The van der Waals surface area contributed by atoms with Crippen molar-refractivity contribution in [2.75, 3.05) is 0 Å². The van der Waals surface area contributed by atoms with Crippen molar-refractivity contribution in [2.24, 2.45) is 0 Å². The molecule has 0 aliphatic rings. The lowest BCUT2D eigenvalue weighted by Gasteiger charge is -2.09. The minimum atomic E-state index is -4.74. The Morgan fingerprint density at radius 2 is 1.64 bits per heavy atom. The van der Waals surface area contributed by atoms with E-state index in [2.05, 4.69) is 14.8 Å². The summed E-state index contributed by atoms with van der Waals surface area (Å²) in [7, 11) is 0. The van der Waals surface area contributed by atoms with Crippen LogP contribution in [0.3, 0.4) is 0 Å². The van der Waals surface area contributed by atoms with Gasteiger partial charge in [0.05, 0.1) is 5.69 Å². The number of alkyl halides is 3. The summed E-state index contributed by atoms with van der Waals surface area (Å²) in [5.74, 6) is 0.171. The fourth-order valence-corrected chi connectivity index (χ4v) is 4.25. The van der Waals surface area contributed by atoms with Gasteiger partial charge in [0.15, 0.2) is 5.82 Å². The van der Waals surface area contributed by atoms with Crippen molar-refractivity contribution < 1.29 is 27.1 Å². The van der Waals surface area contributed by atoms with Crippen molar-refractivity contribution in [3.8, 4) is 22.8 Å². The Kier molecular flexibility index (Phi) is 8.79. The molecule has 0 saturated heterocycles. The van der Waals surface area contributed by atoms with Gasteiger partial charge in [0.25, 0.3) is 0 Å². The molecule has 3 aromatic carbocycles. The molecule has 4 aromatic rings. The van der Waals surface area contributed by atoms with Gasteiger partial charge in [0.1, 0.15) is 23.7 Å². The molecule has 204 valence electrons. The molecule has 0 unspecified atom stereocenters. The zero-order valence-electron chi connectivity index (χ0n) is 21.7. The third-order valence-electron chi connectivity index (χ3n) is 6.29. The summed E-state index contributed by atoms with van der Waals surface area (Å²) < 4.78 is 56.3. The summed E-state index contributed by atoms with van der Waals surface area (Å²) in [5, 5.41) is 4.42. The van der Waals surface area contributed by atoms with Crippen LogP contribution in [0.4, 0.5) is 17.6 Å². The molecule has 1 aromatic heterocycles. The average molecular weight is 540 g/mol. The normalized spacial score (nSPS) is 11.7. The summed E-state index contributed by atoms with van der Waals surface area (Å²) in [4.78, 5) is 16.7. The molecular formula is C30H29F4N3O2. The standard InChI is InChI=1S/C30H29F4N3O2/c1-20(2)27-18-22(9-16-28(27)31)17-25(38)6-4-3-5-21-7-10-23(11-8-21)29-35-19-37(36-29)24-12-14-26(15-13-24)39-30(32,33)34/h7-16,18-20H,3-6,17H2,1-2H3. The van der Waals surface area contributed by atoms with Gasteiger partial charge in [-0.15, -0.1) is 18.3 Å². The number of benzene rings is 3. The number of halogens is 4. The second kappa shape index (κ2) is 12.2. The van der Waals surface area contributed by atoms with Crippen LogP contribution in [0.2, 0.25) is 0 Å². The van der Waals surface area contributed by atoms with Crippen molar-refractivity contribution in [1.29, 1.82) is 0 Å². The summed E-state index contributed by atoms with van der Waals surface area (Å²) in [5.41, 5.74) is 3.98. The number of hydrogen-bond donors (Lipinski definition) is 0. The van der Waals surface area contributed by atoms with Gasteiger partial charge in [-0.25, -0.2) is 14.1 Å². The lowest BCUT2D eigenvalue weighted by Crippen LogP contribution is -2.17. The molecule has 0 bridgehead atoms. The molecule has 1 heterocycles. The van der Waals surface area contributed by atoms with Gasteiger partial charge in [-0.3, -0.25) is 4.79 Å². The number of carbonyl (C=O) groups excluding carboxylic acids is 1. The molecule has 0 saturated carbocycles. The number of carbonyl (C=O) groups is 1. The largest absolute Gasteiger partial charge is 0.573 e. The summed E-state index contributed by atoms with van der Waals surface area (Å²) in [6, 6.07) is 18.1. The van der Waals surface area contributed by atoms with Crippen LogP contribution in [0.15, 0.2) is 73.1 Å². The van der Waals surface area contributed by atoms with Gasteiger partial charge in [0.2, 0.25) is 0 Å². The summed E-state index contributed by atoms with van der Waals surface area (Å²) in [6.07, 6.45) is 0.0289. The highest BCUT2D eigenvalue weighted by Crippen LogP contribution is 2.24. The van der Waals surface area contributed by atoms with E-state index < -0.39 is 6.36 Å². The van der Waals surface area contributed by atoms with Crippen LogP contribution in [0.5, 0.6) is 5.75 Å². The van der Waals surface area contributed by atoms with E-state index >= 15 is 0 Å². The predicted molar refractivity (Wildman–Crippen MR) is 140 cm³/mol. The van der Waals surface area contributed by atoms with Gasteiger partial charge < -0.3 is 4.74 Å². The van der Waals surface area contributed by atoms with E-state index in [1.165, 1.54) is 41.3 Å². The molecule has 0 spiro atoms. The number of unbranched alkanes of at least 4 members (excludes halogenated alkanes) is 1. The highest BCUT2D eigenvalue weighted by molar-refractivity contribution is 5.80. The molecular weight excluding hydrogens is 510 g/mol. The molecule has 9 heteroatoms. The Balaban J connectivity index is 1.25. The molecule has 0 aliphatic carbocycles. The van der Waals surface area contributed by atoms with Crippen molar-refractivity contribution in [1.82, 2.24) is 14.8 Å². The third-order valence-corrected chi connectivity index (χ3v) is 6.29. The maximum atomic E-state index is 13.9. The maximum absolute atomic E-state index is 13.9. The highest BCUT2D eigenvalue weighted by Gasteiger charge is 2.31. The second-order valence-electron chi connectivity index (χ2n) is 9.68. The number of Topliss-reactive ketones (excluding diaryl/α,β-unsaturated/α-hetero) is 1. The van der Waals surface area contributed by atoms with Gasteiger partial charge in [-0.05, 0) is 72.2 Å². The molecule has 0 N–H and O–H groups in total. The van der Waals surface area contributed by atoms with Crippen LogP contribution in [0, 0.1) is 5.82 Å². The minimum Gasteiger partial charge on any atom is -0.406 e. The molecule has 0 amide bonds. The lowest BCUT2D eigenvalue weighted by molar-refractivity contribution is -0.274. The zero-order chi connectivity index (χ0) is 28.0. The smallest absolute Gasteiger partial charge is 0.406 e. The fraction of sp³-hybridized carbons (Fsp3) is 0.300. The number of hydrogen-bond acceptors (Lipinski definition) is 4. The molecule has 0 fully saturated rings. The van der Waals surface area contributed by atoms with Crippen LogP contribution in [-0.2, 0) is 17.6 Å².